The average molecular weight is 397 g/mol. The first-order chi connectivity index (χ1) is 13.4. The molecule has 0 bridgehead atoms. The van der Waals surface area contributed by atoms with Crippen LogP contribution in [0.15, 0.2) is 65.7 Å². The Morgan fingerprint density at radius 2 is 1.79 bits per heavy atom. The number of sulfone groups is 1. The van der Waals surface area contributed by atoms with Crippen LogP contribution >= 0.6 is 0 Å². The fourth-order valence-corrected chi connectivity index (χ4v) is 3.22. The lowest BCUT2D eigenvalue weighted by Gasteiger charge is -2.08. The molecule has 0 aliphatic rings. The van der Waals surface area contributed by atoms with Gasteiger partial charge in [0.25, 0.3) is 5.91 Å². The quantitative estimate of drug-likeness (QED) is 0.686. The summed E-state index contributed by atoms with van der Waals surface area (Å²) in [6, 6.07) is 17.0. The van der Waals surface area contributed by atoms with Crippen LogP contribution in [0.2, 0.25) is 0 Å². The highest BCUT2D eigenvalue weighted by molar-refractivity contribution is 7.91. The van der Waals surface area contributed by atoms with Crippen molar-refractivity contribution in [2.75, 3.05) is 18.2 Å². The van der Waals surface area contributed by atoms with Crippen LogP contribution < -0.4 is 10.1 Å². The second-order valence-electron chi connectivity index (χ2n) is 5.92. The minimum Gasteiger partial charge on any atom is -0.497 e. The first-order valence-corrected chi connectivity index (χ1v) is 10.2. The van der Waals surface area contributed by atoms with Gasteiger partial charge in [-0.25, -0.2) is 8.42 Å². The number of rotatable bonds is 6. The highest BCUT2D eigenvalue weighted by atomic mass is 32.2. The molecular weight excluding hydrogens is 378 g/mol. The van der Waals surface area contributed by atoms with Crippen LogP contribution in [0.3, 0.4) is 0 Å². The van der Waals surface area contributed by atoms with Crippen molar-refractivity contribution < 1.29 is 17.9 Å². The molecule has 3 aromatic rings. The lowest BCUT2D eigenvalue weighted by Crippen LogP contribution is -2.11. The Bertz CT molecular complexity index is 1080. The molecule has 1 heterocycles. The molecule has 0 unspecified atom stereocenters. The van der Waals surface area contributed by atoms with Crippen molar-refractivity contribution in [1.82, 2.24) is 10.2 Å². The molecule has 0 atom stereocenters. The molecule has 3 rings (SSSR count). The number of hydrogen-bond donors (Lipinski definition) is 1. The number of hydrogen-bond acceptors (Lipinski definition) is 6. The summed E-state index contributed by atoms with van der Waals surface area (Å²) in [4.78, 5) is 12.4. The zero-order valence-corrected chi connectivity index (χ0v) is 16.2. The number of benzene rings is 2. The van der Waals surface area contributed by atoms with Crippen molar-refractivity contribution in [3.8, 4) is 17.0 Å². The topological polar surface area (TPSA) is 98.2 Å². The van der Waals surface area contributed by atoms with Crippen molar-refractivity contribution in [1.29, 1.82) is 0 Å². The van der Waals surface area contributed by atoms with E-state index in [1.807, 2.05) is 0 Å². The van der Waals surface area contributed by atoms with Gasteiger partial charge in [0.15, 0.2) is 14.9 Å². The van der Waals surface area contributed by atoms with Gasteiger partial charge in [-0.1, -0.05) is 25.1 Å². The van der Waals surface area contributed by atoms with Crippen LogP contribution in [0, 0.1) is 0 Å². The van der Waals surface area contributed by atoms with Gasteiger partial charge in [-0.15, -0.1) is 10.2 Å². The molecule has 0 aliphatic heterocycles. The van der Waals surface area contributed by atoms with Crippen molar-refractivity contribution in [3.63, 3.8) is 0 Å². The fraction of sp³-hybridized carbons (Fsp3) is 0.150. The van der Waals surface area contributed by atoms with Crippen molar-refractivity contribution in [3.05, 3.63) is 66.2 Å². The maximum atomic E-state index is 12.4. The van der Waals surface area contributed by atoms with E-state index < -0.39 is 9.84 Å². The molecule has 0 saturated heterocycles. The summed E-state index contributed by atoms with van der Waals surface area (Å²) < 4.78 is 28.7. The molecule has 1 amide bonds. The summed E-state index contributed by atoms with van der Waals surface area (Å²) in [5, 5.41) is 10.6. The lowest BCUT2D eigenvalue weighted by molar-refractivity contribution is 0.102. The number of methoxy groups -OCH3 is 1. The van der Waals surface area contributed by atoms with Gasteiger partial charge in [0, 0.05) is 16.8 Å². The Kier molecular flexibility index (Phi) is 5.70. The van der Waals surface area contributed by atoms with E-state index in [-0.39, 0.29) is 16.7 Å². The zero-order valence-electron chi connectivity index (χ0n) is 15.4. The average Bonchev–Trinajstić information content (AvgIpc) is 2.74. The molecule has 2 aromatic carbocycles. The van der Waals surface area contributed by atoms with E-state index in [2.05, 4.69) is 15.5 Å². The number of aromatic nitrogens is 2. The maximum Gasteiger partial charge on any atom is 0.255 e. The zero-order chi connectivity index (χ0) is 20.1. The Hall–Kier alpha value is -3.26. The summed E-state index contributed by atoms with van der Waals surface area (Å²) in [7, 11) is -1.83. The third-order valence-corrected chi connectivity index (χ3v) is 5.72. The van der Waals surface area contributed by atoms with Crippen molar-refractivity contribution in [2.45, 2.75) is 11.9 Å². The van der Waals surface area contributed by atoms with Gasteiger partial charge < -0.3 is 10.1 Å². The number of carbonyl (C=O) groups excluding carboxylic acids is 1. The van der Waals surface area contributed by atoms with Crippen LogP contribution in [0.1, 0.15) is 17.3 Å². The van der Waals surface area contributed by atoms with Gasteiger partial charge in [0.05, 0.1) is 18.6 Å². The Labute approximate surface area is 163 Å². The molecule has 0 fully saturated rings. The lowest BCUT2D eigenvalue weighted by atomic mass is 10.1. The standard InChI is InChI=1S/C20H19N3O4S/c1-3-28(25,26)19-12-11-18(22-23-19)14-7-9-16(10-8-14)21-20(24)15-5-4-6-17(13-15)27-2/h4-13H,3H2,1-2H3,(H,21,24). The number of amides is 1. The minimum atomic E-state index is -3.38. The predicted octanol–water partition coefficient (Wildman–Crippen LogP) is 3.20. The highest BCUT2D eigenvalue weighted by Crippen LogP contribution is 2.21. The van der Waals surface area contributed by atoms with E-state index in [1.165, 1.54) is 6.07 Å². The summed E-state index contributed by atoms with van der Waals surface area (Å²) >= 11 is 0. The second-order valence-corrected chi connectivity index (χ2v) is 8.15. The van der Waals surface area contributed by atoms with Gasteiger partial charge in [-0.3, -0.25) is 4.79 Å². The molecule has 0 aliphatic carbocycles. The molecule has 28 heavy (non-hydrogen) atoms. The number of carbonyl (C=O) groups is 1. The SMILES string of the molecule is CCS(=O)(=O)c1ccc(-c2ccc(NC(=O)c3cccc(OC)c3)cc2)nn1. The third kappa shape index (κ3) is 4.34. The van der Waals surface area contributed by atoms with Gasteiger partial charge in [0.2, 0.25) is 0 Å². The predicted molar refractivity (Wildman–Crippen MR) is 106 cm³/mol. The Balaban J connectivity index is 1.73. The van der Waals surface area contributed by atoms with E-state index in [1.54, 1.807) is 68.6 Å². The summed E-state index contributed by atoms with van der Waals surface area (Å²) in [6.07, 6.45) is 0. The normalized spacial score (nSPS) is 11.1. The molecule has 144 valence electrons. The maximum absolute atomic E-state index is 12.4. The summed E-state index contributed by atoms with van der Waals surface area (Å²) in [6.45, 7) is 1.56. The largest absolute Gasteiger partial charge is 0.497 e. The van der Waals surface area contributed by atoms with E-state index in [0.29, 0.717) is 22.7 Å². The number of nitrogens with zero attached hydrogens (tertiary/aromatic N) is 2. The van der Waals surface area contributed by atoms with Gasteiger partial charge in [-0.05, 0) is 42.5 Å². The van der Waals surface area contributed by atoms with E-state index in [0.717, 1.165) is 5.56 Å². The molecule has 1 aromatic heterocycles. The van der Waals surface area contributed by atoms with E-state index >= 15 is 0 Å². The van der Waals surface area contributed by atoms with Gasteiger partial charge >= 0.3 is 0 Å². The second kappa shape index (κ2) is 8.18. The third-order valence-electron chi connectivity index (χ3n) is 4.11. The Morgan fingerprint density at radius 1 is 1.04 bits per heavy atom. The summed E-state index contributed by atoms with van der Waals surface area (Å²) in [5.74, 6) is 0.332. The van der Waals surface area contributed by atoms with Crippen LogP contribution in [-0.4, -0.2) is 37.4 Å². The van der Waals surface area contributed by atoms with Crippen LogP contribution in [0.5, 0.6) is 5.75 Å². The Morgan fingerprint density at radius 3 is 2.39 bits per heavy atom. The van der Waals surface area contributed by atoms with Gasteiger partial charge in [-0.2, -0.15) is 0 Å². The number of ether oxygens (including phenoxy) is 1. The molecule has 0 radical (unpaired) electrons. The van der Waals surface area contributed by atoms with Gasteiger partial charge in [0.1, 0.15) is 5.75 Å². The van der Waals surface area contributed by atoms with E-state index in [4.69, 9.17) is 4.74 Å². The van der Waals surface area contributed by atoms with Crippen LogP contribution in [-0.2, 0) is 9.84 Å². The number of anilines is 1. The molecule has 7 nitrogen and oxygen atoms in total. The molecule has 0 spiro atoms. The minimum absolute atomic E-state index is 0.0251. The molecule has 1 N–H and O–H groups in total. The summed E-state index contributed by atoms with van der Waals surface area (Å²) in [5.41, 5.74) is 2.41. The molecule has 0 saturated carbocycles. The fourth-order valence-electron chi connectivity index (χ4n) is 2.48. The highest BCUT2D eigenvalue weighted by Gasteiger charge is 2.14. The van der Waals surface area contributed by atoms with E-state index in [9.17, 15) is 13.2 Å². The first-order valence-electron chi connectivity index (χ1n) is 8.55. The smallest absolute Gasteiger partial charge is 0.255 e. The van der Waals surface area contributed by atoms with Crippen molar-refractivity contribution in [2.24, 2.45) is 0 Å². The molecular formula is C20H19N3O4S. The first kappa shape index (κ1) is 19.5. The number of nitrogens with one attached hydrogen (secondary N) is 1. The molecule has 8 heteroatoms. The van der Waals surface area contributed by atoms with Crippen LogP contribution in [0.4, 0.5) is 5.69 Å². The van der Waals surface area contributed by atoms with Crippen LogP contribution in [0.25, 0.3) is 11.3 Å². The monoisotopic (exact) mass is 397 g/mol. The van der Waals surface area contributed by atoms with Crippen molar-refractivity contribution >= 4 is 21.4 Å².